The van der Waals surface area contributed by atoms with Crippen molar-refractivity contribution >= 4 is 35.2 Å². The summed E-state index contributed by atoms with van der Waals surface area (Å²) in [5.74, 6) is 0.913. The zero-order valence-corrected chi connectivity index (χ0v) is 15.4. The Kier molecular flexibility index (Phi) is 6.17. The fourth-order valence-corrected chi connectivity index (χ4v) is 2.94. The number of rotatable bonds is 6. The smallest absolute Gasteiger partial charge is 0.130 e. The Bertz CT molecular complexity index is 855. The lowest BCUT2D eigenvalue weighted by Gasteiger charge is -2.28. The van der Waals surface area contributed by atoms with Gasteiger partial charge in [0.2, 0.25) is 0 Å². The Morgan fingerprint density at radius 2 is 2.11 bits per heavy atom. The molecule has 0 amide bonds. The van der Waals surface area contributed by atoms with Gasteiger partial charge in [-0.25, -0.2) is 4.98 Å². The summed E-state index contributed by atoms with van der Waals surface area (Å²) in [5.41, 5.74) is 9.99. The topological polar surface area (TPSA) is 99.6 Å². The van der Waals surface area contributed by atoms with Crippen LogP contribution in [0.3, 0.4) is 0 Å². The van der Waals surface area contributed by atoms with E-state index in [9.17, 15) is 0 Å². The number of ether oxygens (including phenoxy) is 1. The Morgan fingerprint density at radius 1 is 1.30 bits per heavy atom. The molecular formula is C20H24N6O. The molecule has 0 saturated carbocycles. The van der Waals surface area contributed by atoms with E-state index in [1.165, 1.54) is 12.4 Å². The van der Waals surface area contributed by atoms with Gasteiger partial charge in [0.15, 0.2) is 0 Å². The van der Waals surface area contributed by atoms with Crippen molar-refractivity contribution in [3.05, 3.63) is 53.9 Å². The lowest BCUT2D eigenvalue weighted by Crippen LogP contribution is -2.36. The molecule has 1 aliphatic rings. The monoisotopic (exact) mass is 364 g/mol. The summed E-state index contributed by atoms with van der Waals surface area (Å²) in [7, 11) is 1.71. The third kappa shape index (κ3) is 4.51. The highest BCUT2D eigenvalue weighted by atomic mass is 16.5. The second kappa shape index (κ2) is 8.95. The van der Waals surface area contributed by atoms with Crippen LogP contribution in [-0.2, 0) is 4.74 Å². The van der Waals surface area contributed by atoms with E-state index in [0.717, 1.165) is 47.0 Å². The maximum Gasteiger partial charge on any atom is 0.130 e. The third-order valence-electron chi connectivity index (χ3n) is 4.35. The normalized spacial score (nSPS) is 15.1. The molecule has 2 heterocycles. The molecule has 0 spiro atoms. The molecule has 1 aromatic carbocycles. The first-order chi connectivity index (χ1) is 13.2. The summed E-state index contributed by atoms with van der Waals surface area (Å²) in [6.45, 7) is 3.09. The molecule has 1 aromatic heterocycles. The highest BCUT2D eigenvalue weighted by Gasteiger charge is 2.13. The molecule has 7 nitrogen and oxygen atoms in total. The van der Waals surface area contributed by atoms with Gasteiger partial charge in [0.05, 0.1) is 13.2 Å². The van der Waals surface area contributed by atoms with Gasteiger partial charge in [-0.05, 0) is 17.7 Å². The van der Waals surface area contributed by atoms with Gasteiger partial charge >= 0.3 is 0 Å². The quantitative estimate of drug-likeness (QED) is 0.684. The van der Waals surface area contributed by atoms with Crippen LogP contribution in [0.5, 0.6) is 0 Å². The third-order valence-corrected chi connectivity index (χ3v) is 4.35. The standard InChI is InChI=1S/C20H24N6O/c1-23-14-17(13-22)15-2-3-16(12-21)19(10-15)25-18-4-5-24-20(11-18)26-6-8-27-9-7-26/h2-5,10-14,21H,6-9,22H2,1H3,(H,24,25). The molecule has 7 heteroatoms. The summed E-state index contributed by atoms with van der Waals surface area (Å²) in [6, 6.07) is 9.71. The number of hydrogen-bond acceptors (Lipinski definition) is 7. The first kappa shape index (κ1) is 18.6. The molecule has 27 heavy (non-hydrogen) atoms. The number of pyridine rings is 1. The summed E-state index contributed by atoms with van der Waals surface area (Å²) < 4.78 is 5.41. The van der Waals surface area contributed by atoms with Crippen molar-refractivity contribution in [3.63, 3.8) is 0 Å². The fraction of sp³-hybridized carbons (Fsp3) is 0.250. The summed E-state index contributed by atoms with van der Waals surface area (Å²) in [4.78, 5) is 10.7. The predicted octanol–water partition coefficient (Wildman–Crippen LogP) is 2.66. The van der Waals surface area contributed by atoms with Gasteiger partial charge in [0.1, 0.15) is 5.82 Å². The van der Waals surface area contributed by atoms with E-state index in [1.54, 1.807) is 19.5 Å². The molecule has 0 unspecified atom stereocenters. The van der Waals surface area contributed by atoms with Crippen LogP contribution in [0.4, 0.5) is 17.2 Å². The lowest BCUT2D eigenvalue weighted by atomic mass is 10.0. The van der Waals surface area contributed by atoms with Gasteiger partial charge in [-0.2, -0.15) is 0 Å². The van der Waals surface area contributed by atoms with Crippen molar-refractivity contribution in [1.29, 1.82) is 5.41 Å². The van der Waals surface area contributed by atoms with Crippen molar-refractivity contribution in [2.45, 2.75) is 0 Å². The molecule has 0 radical (unpaired) electrons. The minimum absolute atomic E-state index is 0.715. The van der Waals surface area contributed by atoms with Crippen LogP contribution in [0.2, 0.25) is 0 Å². The Balaban J connectivity index is 1.89. The Labute approximate surface area is 159 Å². The van der Waals surface area contributed by atoms with Crippen LogP contribution < -0.4 is 16.0 Å². The van der Waals surface area contributed by atoms with Crippen LogP contribution in [-0.4, -0.2) is 50.8 Å². The maximum absolute atomic E-state index is 7.69. The van der Waals surface area contributed by atoms with Crippen LogP contribution in [0.25, 0.3) is 5.57 Å². The molecule has 0 bridgehead atoms. The average molecular weight is 364 g/mol. The molecule has 0 aliphatic carbocycles. The Morgan fingerprint density at radius 3 is 2.81 bits per heavy atom. The highest BCUT2D eigenvalue weighted by molar-refractivity contribution is 6.10. The van der Waals surface area contributed by atoms with Crippen LogP contribution in [0.1, 0.15) is 11.1 Å². The number of nitrogens with one attached hydrogen (secondary N) is 2. The number of aliphatic imine (C=N–C) groups is 1. The van der Waals surface area contributed by atoms with Crippen molar-refractivity contribution < 1.29 is 4.74 Å². The molecular weight excluding hydrogens is 340 g/mol. The van der Waals surface area contributed by atoms with Gasteiger partial charge < -0.3 is 26.1 Å². The largest absolute Gasteiger partial charge is 0.404 e. The zero-order chi connectivity index (χ0) is 19.1. The Hall–Kier alpha value is -3.19. The van der Waals surface area contributed by atoms with E-state index in [1.807, 2.05) is 30.3 Å². The van der Waals surface area contributed by atoms with Crippen LogP contribution in [0.15, 0.2) is 47.7 Å². The average Bonchev–Trinajstić information content (AvgIpc) is 2.73. The van der Waals surface area contributed by atoms with Gasteiger partial charge in [0.25, 0.3) is 0 Å². The van der Waals surface area contributed by atoms with Gasteiger partial charge in [-0.15, -0.1) is 0 Å². The predicted molar refractivity (Wildman–Crippen MR) is 111 cm³/mol. The number of nitrogens with zero attached hydrogens (tertiary/aromatic N) is 3. The number of anilines is 3. The first-order valence-corrected chi connectivity index (χ1v) is 8.80. The number of morpholine rings is 1. The van der Waals surface area contributed by atoms with E-state index in [4.69, 9.17) is 15.9 Å². The lowest BCUT2D eigenvalue weighted by molar-refractivity contribution is 0.122. The minimum atomic E-state index is 0.715. The van der Waals surface area contributed by atoms with Crippen molar-refractivity contribution in [2.24, 2.45) is 10.7 Å². The second-order valence-corrected chi connectivity index (χ2v) is 6.08. The van der Waals surface area contributed by atoms with Gasteiger partial charge in [-0.1, -0.05) is 12.1 Å². The summed E-state index contributed by atoms with van der Waals surface area (Å²) >= 11 is 0. The molecule has 1 fully saturated rings. The number of nitrogens with two attached hydrogens (primary N) is 1. The second-order valence-electron chi connectivity index (χ2n) is 6.08. The zero-order valence-electron chi connectivity index (χ0n) is 15.4. The summed E-state index contributed by atoms with van der Waals surface area (Å²) in [6.07, 6.45) is 6.36. The molecule has 2 aromatic rings. The maximum atomic E-state index is 7.69. The fourth-order valence-electron chi connectivity index (χ4n) is 2.94. The van der Waals surface area contributed by atoms with Crippen molar-refractivity contribution in [1.82, 2.24) is 4.98 Å². The molecule has 0 atom stereocenters. The number of hydrogen-bond donors (Lipinski definition) is 3. The van der Waals surface area contributed by atoms with Gasteiger partial charge in [-0.3, -0.25) is 4.99 Å². The van der Waals surface area contributed by atoms with E-state index >= 15 is 0 Å². The van der Waals surface area contributed by atoms with Crippen molar-refractivity contribution in [3.8, 4) is 0 Å². The molecule has 140 valence electrons. The van der Waals surface area contributed by atoms with Crippen LogP contribution >= 0.6 is 0 Å². The molecule has 4 N–H and O–H groups in total. The molecule has 1 aliphatic heterocycles. The number of allylic oxidation sites excluding steroid dienone is 1. The van der Waals surface area contributed by atoms with E-state index in [0.29, 0.717) is 13.2 Å². The number of aromatic nitrogens is 1. The highest BCUT2D eigenvalue weighted by Crippen LogP contribution is 2.26. The molecule has 1 saturated heterocycles. The van der Waals surface area contributed by atoms with Crippen molar-refractivity contribution in [2.75, 3.05) is 43.6 Å². The minimum Gasteiger partial charge on any atom is -0.404 e. The summed E-state index contributed by atoms with van der Waals surface area (Å²) in [5, 5.41) is 11.1. The SMILES string of the molecule is CN=CC(=CN)c1ccc(C=N)c(Nc2ccnc(N3CCOCC3)c2)c1. The van der Waals surface area contributed by atoms with Crippen LogP contribution in [0, 0.1) is 5.41 Å². The number of benzene rings is 1. The first-order valence-electron chi connectivity index (χ1n) is 8.80. The van der Waals surface area contributed by atoms with E-state index in [2.05, 4.69) is 20.2 Å². The molecule has 3 rings (SSSR count). The van der Waals surface area contributed by atoms with Gasteiger partial charge in [0, 0.05) is 73.5 Å². The van der Waals surface area contributed by atoms with E-state index in [-0.39, 0.29) is 0 Å². The van der Waals surface area contributed by atoms with E-state index < -0.39 is 0 Å².